The third-order valence-corrected chi connectivity index (χ3v) is 4.69. The van der Waals surface area contributed by atoms with Crippen molar-refractivity contribution in [2.45, 2.75) is 19.4 Å². The highest BCUT2D eigenvalue weighted by molar-refractivity contribution is 6.02. The maximum atomic E-state index is 12.3. The van der Waals surface area contributed by atoms with Crippen molar-refractivity contribution in [2.75, 3.05) is 25.5 Å². The quantitative estimate of drug-likeness (QED) is 0.774. The maximum absolute atomic E-state index is 12.3. The van der Waals surface area contributed by atoms with Gasteiger partial charge in [0.05, 0.1) is 0 Å². The molecule has 0 radical (unpaired) electrons. The number of anilines is 1. The lowest BCUT2D eigenvalue weighted by atomic mass is 10.1. The molecule has 140 valence electrons. The molecule has 2 aromatic carbocycles. The Labute approximate surface area is 160 Å². The Morgan fingerprint density at radius 2 is 1.74 bits per heavy atom. The molecule has 2 N–H and O–H groups in total. The third kappa shape index (κ3) is 5.28. The van der Waals surface area contributed by atoms with Crippen molar-refractivity contribution in [3.63, 3.8) is 0 Å². The SMILES string of the molecule is CNC(=O)c1ccc(/C=C/C(=O)Nc2ccccc2CN2CCCC2)cc1. The molecular weight excluding hydrogens is 338 g/mol. The Hall–Kier alpha value is -2.92. The second-order valence-electron chi connectivity index (χ2n) is 6.66. The summed E-state index contributed by atoms with van der Waals surface area (Å²) in [6, 6.07) is 15.1. The number of rotatable bonds is 6. The predicted molar refractivity (Wildman–Crippen MR) is 108 cm³/mol. The summed E-state index contributed by atoms with van der Waals surface area (Å²) in [4.78, 5) is 26.3. The van der Waals surface area contributed by atoms with Gasteiger partial charge >= 0.3 is 0 Å². The summed E-state index contributed by atoms with van der Waals surface area (Å²) in [5.74, 6) is -0.294. The summed E-state index contributed by atoms with van der Waals surface area (Å²) in [6.45, 7) is 3.10. The number of hydrogen-bond donors (Lipinski definition) is 2. The van der Waals surface area contributed by atoms with Crippen LogP contribution in [-0.4, -0.2) is 36.9 Å². The zero-order valence-corrected chi connectivity index (χ0v) is 15.6. The molecule has 27 heavy (non-hydrogen) atoms. The second-order valence-corrected chi connectivity index (χ2v) is 6.66. The van der Waals surface area contributed by atoms with Gasteiger partial charge in [0.2, 0.25) is 5.91 Å². The number of benzene rings is 2. The van der Waals surface area contributed by atoms with Gasteiger partial charge in [0.25, 0.3) is 5.91 Å². The molecule has 2 aromatic rings. The summed E-state index contributed by atoms with van der Waals surface area (Å²) in [5, 5.41) is 5.56. The Morgan fingerprint density at radius 3 is 2.44 bits per heavy atom. The van der Waals surface area contributed by atoms with E-state index in [4.69, 9.17) is 0 Å². The molecule has 0 aromatic heterocycles. The lowest BCUT2D eigenvalue weighted by Gasteiger charge is -2.17. The first-order valence-electron chi connectivity index (χ1n) is 9.27. The summed E-state index contributed by atoms with van der Waals surface area (Å²) < 4.78 is 0. The van der Waals surface area contributed by atoms with Crippen molar-refractivity contribution in [1.82, 2.24) is 10.2 Å². The van der Waals surface area contributed by atoms with E-state index in [9.17, 15) is 9.59 Å². The van der Waals surface area contributed by atoms with Crippen LogP contribution in [0.4, 0.5) is 5.69 Å². The van der Waals surface area contributed by atoms with Crippen molar-refractivity contribution < 1.29 is 9.59 Å². The highest BCUT2D eigenvalue weighted by Crippen LogP contribution is 2.20. The van der Waals surface area contributed by atoms with E-state index in [0.29, 0.717) is 5.56 Å². The Kier molecular flexibility index (Phi) is 6.39. The zero-order chi connectivity index (χ0) is 19.1. The average Bonchev–Trinajstić information content (AvgIpc) is 3.21. The average molecular weight is 363 g/mol. The van der Waals surface area contributed by atoms with E-state index in [1.807, 2.05) is 30.3 Å². The fraction of sp³-hybridized carbons (Fsp3) is 0.273. The third-order valence-electron chi connectivity index (χ3n) is 4.69. The molecule has 0 unspecified atom stereocenters. The summed E-state index contributed by atoms with van der Waals surface area (Å²) >= 11 is 0. The Balaban J connectivity index is 1.62. The van der Waals surface area contributed by atoms with Crippen LogP contribution >= 0.6 is 0 Å². The molecular formula is C22H25N3O2. The van der Waals surface area contributed by atoms with Crippen LogP contribution in [0.1, 0.15) is 34.3 Å². The number of carbonyl (C=O) groups excluding carboxylic acids is 2. The molecule has 0 atom stereocenters. The van der Waals surface area contributed by atoms with Gasteiger partial charge in [0.15, 0.2) is 0 Å². The number of nitrogens with one attached hydrogen (secondary N) is 2. The number of likely N-dealkylation sites (tertiary alicyclic amines) is 1. The van der Waals surface area contributed by atoms with E-state index in [-0.39, 0.29) is 11.8 Å². The van der Waals surface area contributed by atoms with E-state index >= 15 is 0 Å². The lowest BCUT2D eigenvalue weighted by Crippen LogP contribution is -2.20. The molecule has 1 fully saturated rings. The van der Waals surface area contributed by atoms with E-state index < -0.39 is 0 Å². The molecule has 0 spiro atoms. The Morgan fingerprint density at radius 1 is 1.04 bits per heavy atom. The molecule has 0 saturated carbocycles. The van der Waals surface area contributed by atoms with Gasteiger partial charge in [0.1, 0.15) is 0 Å². The molecule has 3 rings (SSSR count). The highest BCUT2D eigenvalue weighted by atomic mass is 16.2. The fourth-order valence-corrected chi connectivity index (χ4v) is 3.20. The van der Waals surface area contributed by atoms with E-state index in [2.05, 4.69) is 21.6 Å². The van der Waals surface area contributed by atoms with Crippen LogP contribution < -0.4 is 10.6 Å². The fourth-order valence-electron chi connectivity index (χ4n) is 3.20. The topological polar surface area (TPSA) is 61.4 Å². The smallest absolute Gasteiger partial charge is 0.251 e. The normalized spacial score (nSPS) is 14.4. The largest absolute Gasteiger partial charge is 0.355 e. The van der Waals surface area contributed by atoms with Crippen molar-refractivity contribution in [3.8, 4) is 0 Å². The second kappa shape index (κ2) is 9.14. The van der Waals surface area contributed by atoms with Gasteiger partial charge in [0, 0.05) is 30.9 Å². The molecule has 1 aliphatic heterocycles. The molecule has 2 amide bonds. The van der Waals surface area contributed by atoms with Gasteiger partial charge in [-0.05, 0) is 61.3 Å². The van der Waals surface area contributed by atoms with Gasteiger partial charge in [-0.1, -0.05) is 30.3 Å². The van der Waals surface area contributed by atoms with E-state index in [1.165, 1.54) is 18.9 Å². The monoisotopic (exact) mass is 363 g/mol. The van der Waals surface area contributed by atoms with Crippen LogP contribution in [0.25, 0.3) is 6.08 Å². The summed E-state index contributed by atoms with van der Waals surface area (Å²) in [7, 11) is 1.60. The Bertz CT molecular complexity index is 822. The first-order chi connectivity index (χ1) is 13.2. The van der Waals surface area contributed by atoms with Crippen molar-refractivity contribution >= 4 is 23.6 Å². The van der Waals surface area contributed by atoms with Gasteiger partial charge in [-0.15, -0.1) is 0 Å². The van der Waals surface area contributed by atoms with Crippen LogP contribution in [0.15, 0.2) is 54.6 Å². The van der Waals surface area contributed by atoms with Crippen LogP contribution in [0.2, 0.25) is 0 Å². The van der Waals surface area contributed by atoms with Gasteiger partial charge in [-0.2, -0.15) is 0 Å². The minimum atomic E-state index is -0.167. The summed E-state index contributed by atoms with van der Waals surface area (Å²) in [6.07, 6.45) is 5.75. The first kappa shape index (κ1) is 18.9. The molecule has 5 heteroatoms. The molecule has 1 heterocycles. The van der Waals surface area contributed by atoms with Crippen LogP contribution in [0.5, 0.6) is 0 Å². The van der Waals surface area contributed by atoms with E-state index in [1.54, 1.807) is 25.3 Å². The standard InChI is InChI=1S/C22H25N3O2/c1-23-22(27)18-11-8-17(9-12-18)10-13-21(26)24-20-7-3-2-6-19(20)16-25-14-4-5-15-25/h2-3,6-13H,4-5,14-16H2,1H3,(H,23,27)(H,24,26)/b13-10+. The summed E-state index contributed by atoms with van der Waals surface area (Å²) in [5.41, 5.74) is 3.45. The van der Waals surface area contributed by atoms with Crippen LogP contribution in [0, 0.1) is 0 Å². The lowest BCUT2D eigenvalue weighted by molar-refractivity contribution is -0.111. The van der Waals surface area contributed by atoms with E-state index in [0.717, 1.165) is 36.4 Å². The molecule has 0 aliphatic carbocycles. The van der Waals surface area contributed by atoms with Crippen LogP contribution in [-0.2, 0) is 11.3 Å². The zero-order valence-electron chi connectivity index (χ0n) is 15.6. The molecule has 1 aliphatic rings. The van der Waals surface area contributed by atoms with Gasteiger partial charge in [-0.25, -0.2) is 0 Å². The number of amides is 2. The molecule has 0 bridgehead atoms. The first-order valence-corrected chi connectivity index (χ1v) is 9.27. The molecule has 1 saturated heterocycles. The van der Waals surface area contributed by atoms with Crippen molar-refractivity contribution in [3.05, 3.63) is 71.3 Å². The van der Waals surface area contributed by atoms with Crippen molar-refractivity contribution in [1.29, 1.82) is 0 Å². The number of hydrogen-bond acceptors (Lipinski definition) is 3. The predicted octanol–water partition coefficient (Wildman–Crippen LogP) is 3.29. The minimum Gasteiger partial charge on any atom is -0.355 e. The maximum Gasteiger partial charge on any atom is 0.251 e. The number of para-hydroxylation sites is 1. The van der Waals surface area contributed by atoms with Gasteiger partial charge < -0.3 is 10.6 Å². The number of carbonyl (C=O) groups is 2. The minimum absolute atomic E-state index is 0.127. The van der Waals surface area contributed by atoms with Crippen LogP contribution in [0.3, 0.4) is 0 Å². The highest BCUT2D eigenvalue weighted by Gasteiger charge is 2.14. The molecule has 5 nitrogen and oxygen atoms in total. The van der Waals surface area contributed by atoms with Crippen molar-refractivity contribution in [2.24, 2.45) is 0 Å². The number of nitrogens with zero attached hydrogens (tertiary/aromatic N) is 1. The van der Waals surface area contributed by atoms with Gasteiger partial charge in [-0.3, -0.25) is 14.5 Å².